The van der Waals surface area contributed by atoms with Crippen molar-refractivity contribution in [3.63, 3.8) is 0 Å². The number of nitriles is 2. The number of hydrogen-bond acceptors (Lipinski definition) is 2. The maximum absolute atomic E-state index is 12.3. The summed E-state index contributed by atoms with van der Waals surface area (Å²) in [6.45, 7) is 8.66. The molecule has 9 aromatic carbocycles. The predicted octanol–water partition coefficient (Wildman–Crippen LogP) is 16.7. The number of fused-ring (bicyclic) bond motifs is 9. The molecule has 1 unspecified atom stereocenters. The molecular weight excluding hydrogens is 863 g/mol. The zero-order valence-corrected chi connectivity index (χ0v) is 40.0. The van der Waals surface area contributed by atoms with Crippen LogP contribution < -0.4 is 0 Å². The monoisotopic (exact) mass is 909 g/mol. The van der Waals surface area contributed by atoms with Crippen molar-refractivity contribution in [1.82, 2.24) is 13.7 Å². The van der Waals surface area contributed by atoms with E-state index in [1.165, 1.54) is 5.56 Å². The van der Waals surface area contributed by atoms with Crippen LogP contribution in [-0.4, -0.2) is 13.7 Å². The Bertz CT molecular complexity index is 4240. The van der Waals surface area contributed by atoms with Gasteiger partial charge in [-0.05, 0) is 133 Å². The van der Waals surface area contributed by atoms with E-state index in [9.17, 15) is 10.5 Å². The van der Waals surface area contributed by atoms with Crippen molar-refractivity contribution in [3.05, 3.63) is 227 Å². The number of aryl methyl sites for hydroxylation is 3. The Labute approximate surface area is 412 Å². The molecule has 0 saturated carbocycles. The van der Waals surface area contributed by atoms with E-state index in [2.05, 4.69) is 242 Å². The summed E-state index contributed by atoms with van der Waals surface area (Å²) in [5.74, 6) is 0.310. The molecular formula is C66H47N5. The summed E-state index contributed by atoms with van der Waals surface area (Å²) in [7, 11) is 0. The molecule has 5 nitrogen and oxygen atoms in total. The van der Waals surface area contributed by atoms with Crippen LogP contribution in [0.4, 0.5) is 0 Å². The second kappa shape index (κ2) is 16.2. The SMILES string of the molecule is Cc1ccc2c(c1)c1cc(C)ccc1n2-c1c(C#N)c(-n2c3c(c4cc(-c5ccccc5)ccc42)CC(C)C=C3)c(-c2ccccc2)c(-n2c3ccc(C)cc3c3cc(-c4ccccc4)ccc32)c1C#N. The minimum atomic E-state index is 0.310. The fourth-order valence-electron chi connectivity index (χ4n) is 11.6. The highest BCUT2D eigenvalue weighted by molar-refractivity contribution is 6.14. The number of rotatable bonds is 6. The Kier molecular flexibility index (Phi) is 9.60. The first-order valence-corrected chi connectivity index (χ1v) is 24.4. The highest BCUT2D eigenvalue weighted by Crippen LogP contribution is 2.50. The van der Waals surface area contributed by atoms with Crippen molar-refractivity contribution in [1.29, 1.82) is 10.5 Å². The Morgan fingerprint density at radius 3 is 1.28 bits per heavy atom. The Balaban J connectivity index is 1.28. The van der Waals surface area contributed by atoms with Gasteiger partial charge in [0.1, 0.15) is 23.3 Å². The summed E-state index contributed by atoms with van der Waals surface area (Å²) in [5, 5.41) is 30.0. The van der Waals surface area contributed by atoms with Gasteiger partial charge in [0, 0.05) is 38.2 Å². The van der Waals surface area contributed by atoms with Crippen molar-refractivity contribution in [3.8, 4) is 62.6 Å². The average Bonchev–Trinajstić information content (AvgIpc) is 4.01. The summed E-state index contributed by atoms with van der Waals surface area (Å²) in [5.41, 5.74) is 19.6. The smallest absolute Gasteiger partial charge is 0.104 e. The number of allylic oxidation sites excluding steroid dienone is 1. The van der Waals surface area contributed by atoms with Crippen molar-refractivity contribution < 1.29 is 0 Å². The number of nitrogens with zero attached hydrogens (tertiary/aromatic N) is 5. The van der Waals surface area contributed by atoms with Crippen molar-refractivity contribution >= 4 is 60.6 Å². The fourth-order valence-corrected chi connectivity index (χ4v) is 11.6. The molecule has 1 atom stereocenters. The van der Waals surface area contributed by atoms with E-state index in [-0.39, 0.29) is 0 Å². The van der Waals surface area contributed by atoms with Gasteiger partial charge in [0.25, 0.3) is 0 Å². The van der Waals surface area contributed by atoms with Crippen LogP contribution in [-0.2, 0) is 6.42 Å². The summed E-state index contributed by atoms with van der Waals surface area (Å²) >= 11 is 0. The molecule has 0 N–H and O–H groups in total. The van der Waals surface area contributed by atoms with Crippen molar-refractivity contribution in [2.75, 3.05) is 0 Å². The first-order chi connectivity index (χ1) is 34.8. The van der Waals surface area contributed by atoms with E-state index >= 15 is 0 Å². The zero-order chi connectivity index (χ0) is 48.1. The van der Waals surface area contributed by atoms with E-state index in [0.29, 0.717) is 22.7 Å². The summed E-state index contributed by atoms with van der Waals surface area (Å²) < 4.78 is 6.88. The van der Waals surface area contributed by atoms with Crippen molar-refractivity contribution in [2.24, 2.45) is 5.92 Å². The van der Waals surface area contributed by atoms with E-state index in [1.54, 1.807) is 0 Å². The van der Waals surface area contributed by atoms with Crippen LogP contribution in [0.1, 0.15) is 46.0 Å². The first kappa shape index (κ1) is 42.0. The molecule has 5 heteroatoms. The predicted molar refractivity (Wildman–Crippen MR) is 294 cm³/mol. The summed E-state index contributed by atoms with van der Waals surface area (Å²) in [6, 6.07) is 70.4. The Hall–Kier alpha value is -9.16. The molecule has 12 aromatic rings. The molecule has 336 valence electrons. The number of aromatic nitrogens is 3. The van der Waals surface area contributed by atoms with E-state index in [4.69, 9.17) is 0 Å². The molecule has 0 spiro atoms. The van der Waals surface area contributed by atoms with Crippen LogP contribution in [0.3, 0.4) is 0 Å². The molecule has 13 rings (SSSR count). The van der Waals surface area contributed by atoms with Crippen LogP contribution in [0.25, 0.3) is 111 Å². The maximum atomic E-state index is 12.3. The van der Waals surface area contributed by atoms with Gasteiger partial charge in [-0.25, -0.2) is 0 Å². The second-order valence-electron chi connectivity index (χ2n) is 19.4. The molecule has 0 bridgehead atoms. The minimum absolute atomic E-state index is 0.310. The van der Waals surface area contributed by atoms with Crippen LogP contribution in [0.2, 0.25) is 0 Å². The fraction of sp³-hybridized carbons (Fsp3) is 0.0909. The molecule has 0 saturated heterocycles. The number of benzene rings is 9. The van der Waals surface area contributed by atoms with Gasteiger partial charge in [0.15, 0.2) is 0 Å². The standard InChI is InChI=1S/C66H47N5/c1-40-20-26-57-49(32-40)50-33-41(2)21-27-58(50)69(57)64-55(38-67)65(70-59-28-22-42(3)34-51(59)53-36-47(24-30-61(53)70)44-14-8-5-9-15-44)63(46-18-12-7-13-19-46)66(56(64)39-68)71-60-29-23-43(4)35-52(60)54-37-48(25-31-62(54)71)45-16-10-6-11-17-45/h5-34,36-37,43H,35H2,1-4H3. The van der Waals surface area contributed by atoms with Gasteiger partial charge in [-0.1, -0.05) is 151 Å². The topological polar surface area (TPSA) is 62.4 Å². The molecule has 0 amide bonds. The average molecular weight is 910 g/mol. The Morgan fingerprint density at radius 2 is 0.803 bits per heavy atom. The van der Waals surface area contributed by atoms with Gasteiger partial charge in [0.05, 0.1) is 44.6 Å². The molecule has 71 heavy (non-hydrogen) atoms. The van der Waals surface area contributed by atoms with Gasteiger partial charge in [-0.2, -0.15) is 10.5 Å². The third-order valence-corrected chi connectivity index (χ3v) is 14.8. The van der Waals surface area contributed by atoms with Crippen LogP contribution in [0.15, 0.2) is 188 Å². The first-order valence-electron chi connectivity index (χ1n) is 24.4. The van der Waals surface area contributed by atoms with Gasteiger partial charge in [0.2, 0.25) is 0 Å². The quantitative estimate of drug-likeness (QED) is 0.167. The lowest BCUT2D eigenvalue weighted by Crippen LogP contribution is -2.15. The van der Waals surface area contributed by atoms with Gasteiger partial charge in [-0.3, -0.25) is 0 Å². The van der Waals surface area contributed by atoms with Crippen LogP contribution in [0.5, 0.6) is 0 Å². The lowest BCUT2D eigenvalue weighted by molar-refractivity contribution is 0.717. The second-order valence-corrected chi connectivity index (χ2v) is 19.4. The largest absolute Gasteiger partial charge is 0.307 e. The number of hydrogen-bond donors (Lipinski definition) is 0. The summed E-state index contributed by atoms with van der Waals surface area (Å²) in [6.07, 6.45) is 5.40. The lowest BCUT2D eigenvalue weighted by Gasteiger charge is -2.27. The summed E-state index contributed by atoms with van der Waals surface area (Å²) in [4.78, 5) is 0. The van der Waals surface area contributed by atoms with Gasteiger partial charge >= 0.3 is 0 Å². The molecule has 1 aliphatic rings. The molecule has 3 heterocycles. The Morgan fingerprint density at radius 1 is 0.408 bits per heavy atom. The highest BCUT2D eigenvalue weighted by Gasteiger charge is 2.34. The maximum Gasteiger partial charge on any atom is 0.104 e. The third-order valence-electron chi connectivity index (χ3n) is 14.8. The third kappa shape index (κ3) is 6.44. The molecule has 3 aromatic heterocycles. The van der Waals surface area contributed by atoms with E-state index in [1.807, 2.05) is 6.07 Å². The minimum Gasteiger partial charge on any atom is -0.307 e. The molecule has 1 aliphatic carbocycles. The zero-order valence-electron chi connectivity index (χ0n) is 40.0. The van der Waals surface area contributed by atoms with Crippen LogP contribution in [0, 0.1) is 49.4 Å². The molecule has 0 fully saturated rings. The van der Waals surface area contributed by atoms with Gasteiger partial charge < -0.3 is 13.7 Å². The highest BCUT2D eigenvalue weighted by atomic mass is 15.1. The van der Waals surface area contributed by atoms with Crippen molar-refractivity contribution in [2.45, 2.75) is 34.1 Å². The van der Waals surface area contributed by atoms with E-state index < -0.39 is 0 Å². The van der Waals surface area contributed by atoms with E-state index in [0.717, 1.165) is 128 Å². The van der Waals surface area contributed by atoms with Crippen LogP contribution >= 0.6 is 0 Å². The molecule has 0 aliphatic heterocycles. The normalized spacial score (nSPS) is 13.4. The van der Waals surface area contributed by atoms with Gasteiger partial charge in [-0.15, -0.1) is 0 Å². The lowest BCUT2D eigenvalue weighted by atomic mass is 9.91. The molecule has 0 radical (unpaired) electrons.